The van der Waals surface area contributed by atoms with Gasteiger partial charge in [0.15, 0.2) is 11.4 Å². The van der Waals surface area contributed by atoms with Crippen molar-refractivity contribution < 1.29 is 9.21 Å². The number of oxazole rings is 1. The Kier molecular flexibility index (Phi) is 7.08. The lowest BCUT2D eigenvalue weighted by atomic mass is 9.89. The number of carbonyl (C=O) groups excluding carboxylic acids is 1. The molecule has 41 heavy (non-hydrogen) atoms. The molecule has 3 atom stereocenters. The summed E-state index contributed by atoms with van der Waals surface area (Å²) < 4.78 is 8.03. The number of piperidine rings is 1. The van der Waals surface area contributed by atoms with Gasteiger partial charge in [0.25, 0.3) is 11.9 Å². The molecule has 10 nitrogen and oxygen atoms in total. The summed E-state index contributed by atoms with van der Waals surface area (Å²) in [5, 5.41) is 15.1. The van der Waals surface area contributed by atoms with Crippen LogP contribution in [0.3, 0.4) is 0 Å². The van der Waals surface area contributed by atoms with E-state index in [0.29, 0.717) is 35.5 Å². The van der Waals surface area contributed by atoms with Crippen molar-refractivity contribution in [2.24, 2.45) is 0 Å². The smallest absolute Gasteiger partial charge is 0.295 e. The Morgan fingerprint density at radius 2 is 1.88 bits per heavy atom. The fraction of sp³-hybridized carbons (Fsp3) is 0.484. The molecule has 7 rings (SSSR count). The summed E-state index contributed by atoms with van der Waals surface area (Å²) in [6.07, 6.45) is 12.9. The zero-order chi connectivity index (χ0) is 27.8. The Morgan fingerprint density at radius 3 is 2.76 bits per heavy atom. The van der Waals surface area contributed by atoms with Crippen LogP contribution in [0.15, 0.2) is 53.2 Å². The van der Waals surface area contributed by atoms with E-state index < -0.39 is 0 Å². The molecule has 0 spiro atoms. The monoisotopic (exact) mass is 554 g/mol. The number of aromatic nitrogens is 4. The van der Waals surface area contributed by atoms with E-state index in [2.05, 4.69) is 54.2 Å². The van der Waals surface area contributed by atoms with Gasteiger partial charge in [-0.25, -0.2) is 14.5 Å². The number of carbonyl (C=O) groups is 1. The highest BCUT2D eigenvalue weighted by Gasteiger charge is 2.30. The summed E-state index contributed by atoms with van der Waals surface area (Å²) in [6.45, 7) is 3.94. The SMILES string of the molecule is Cc1nc2ccc(N3CCC[C@H](N[C@@H]4CCCC[C@H]4Nc4ncc(-c5cccc(C(=O)NC6CC6)c5)o4)C3)cn2n1. The third kappa shape index (κ3) is 5.93. The van der Waals surface area contributed by atoms with Gasteiger partial charge in [0, 0.05) is 48.4 Å². The Bertz CT molecular complexity index is 1530. The van der Waals surface area contributed by atoms with Crippen molar-refractivity contribution in [1.82, 2.24) is 30.2 Å². The number of rotatable bonds is 8. The van der Waals surface area contributed by atoms with Gasteiger partial charge in [-0.3, -0.25) is 4.79 Å². The first-order chi connectivity index (χ1) is 20.1. The lowest BCUT2D eigenvalue weighted by Gasteiger charge is -2.40. The standard InChI is InChI=1S/C31H38N8O2/c1-20-33-29-14-13-25(19-39(29)37-20)38-15-5-8-24(18-38)34-26-9-2-3-10-27(26)36-31-32-17-28(41-31)21-6-4-7-22(16-21)30(40)35-23-11-12-23/h4,6-7,13-14,16-17,19,23-24,26-27,34H,2-3,5,8-12,15,18H2,1H3,(H,32,36)(H,35,40)/t24-,26+,27+/m0/s1. The predicted molar refractivity (Wildman–Crippen MR) is 158 cm³/mol. The van der Waals surface area contributed by atoms with Crippen LogP contribution >= 0.6 is 0 Å². The van der Waals surface area contributed by atoms with Crippen molar-refractivity contribution in [2.75, 3.05) is 23.3 Å². The van der Waals surface area contributed by atoms with Crippen molar-refractivity contribution in [1.29, 1.82) is 0 Å². The first-order valence-corrected chi connectivity index (χ1v) is 15.0. The average Bonchev–Trinajstić information content (AvgIpc) is 3.54. The van der Waals surface area contributed by atoms with E-state index in [0.717, 1.165) is 68.6 Å². The van der Waals surface area contributed by atoms with E-state index in [-0.39, 0.29) is 11.9 Å². The molecule has 3 aromatic heterocycles. The molecule has 10 heteroatoms. The molecule has 4 heterocycles. The van der Waals surface area contributed by atoms with Crippen molar-refractivity contribution in [2.45, 2.75) is 82.5 Å². The number of benzene rings is 1. The van der Waals surface area contributed by atoms with Gasteiger partial charge in [0.1, 0.15) is 5.82 Å². The van der Waals surface area contributed by atoms with E-state index in [1.807, 2.05) is 35.7 Å². The van der Waals surface area contributed by atoms with E-state index in [4.69, 9.17) is 4.42 Å². The highest BCUT2D eigenvalue weighted by Crippen LogP contribution is 2.28. The second kappa shape index (κ2) is 11.2. The highest BCUT2D eigenvalue weighted by molar-refractivity contribution is 5.95. The Hall–Kier alpha value is -3.92. The first kappa shape index (κ1) is 26.0. The topological polar surface area (TPSA) is 113 Å². The lowest BCUT2D eigenvalue weighted by Crippen LogP contribution is -2.54. The summed E-state index contributed by atoms with van der Waals surface area (Å²) in [7, 11) is 0. The van der Waals surface area contributed by atoms with E-state index in [1.165, 1.54) is 18.5 Å². The van der Waals surface area contributed by atoms with E-state index >= 15 is 0 Å². The van der Waals surface area contributed by atoms with Gasteiger partial charge in [0.05, 0.1) is 18.1 Å². The second-order valence-electron chi connectivity index (χ2n) is 11.8. The number of amides is 1. The van der Waals surface area contributed by atoms with Crippen LogP contribution in [0.5, 0.6) is 0 Å². The molecule has 3 fully saturated rings. The molecule has 3 N–H and O–H groups in total. The molecule has 0 unspecified atom stereocenters. The van der Waals surface area contributed by atoms with Crippen LogP contribution in [0.25, 0.3) is 17.0 Å². The van der Waals surface area contributed by atoms with Crippen LogP contribution in [-0.4, -0.2) is 62.7 Å². The predicted octanol–water partition coefficient (Wildman–Crippen LogP) is 4.57. The molecule has 4 aromatic rings. The molecule has 0 bridgehead atoms. The van der Waals surface area contributed by atoms with E-state index in [9.17, 15) is 4.79 Å². The maximum atomic E-state index is 12.5. The van der Waals surface area contributed by atoms with Crippen LogP contribution in [0, 0.1) is 6.92 Å². The van der Waals surface area contributed by atoms with Gasteiger partial charge < -0.3 is 25.3 Å². The number of hydrogen-bond donors (Lipinski definition) is 3. The molecule has 0 radical (unpaired) electrons. The minimum absolute atomic E-state index is 0.0290. The summed E-state index contributed by atoms with van der Waals surface area (Å²) >= 11 is 0. The number of nitrogens with zero attached hydrogens (tertiary/aromatic N) is 5. The number of anilines is 2. The maximum absolute atomic E-state index is 12.5. The molecule has 1 aromatic carbocycles. The summed E-state index contributed by atoms with van der Waals surface area (Å²) in [5.41, 5.74) is 3.58. The minimum atomic E-state index is -0.0290. The minimum Gasteiger partial charge on any atom is -0.424 e. The van der Waals surface area contributed by atoms with Gasteiger partial charge >= 0.3 is 0 Å². The summed E-state index contributed by atoms with van der Waals surface area (Å²) in [5.74, 6) is 1.43. The van der Waals surface area contributed by atoms with Crippen molar-refractivity contribution in [3.8, 4) is 11.3 Å². The molecule has 3 aliphatic rings. The summed E-state index contributed by atoms with van der Waals surface area (Å²) in [4.78, 5) is 24.0. The van der Waals surface area contributed by atoms with Gasteiger partial charge in [-0.15, -0.1) is 0 Å². The quantitative estimate of drug-likeness (QED) is 0.291. The molecule has 1 saturated heterocycles. The third-order valence-electron chi connectivity index (χ3n) is 8.56. The number of fused-ring (bicyclic) bond motifs is 1. The molecule has 2 aliphatic carbocycles. The zero-order valence-electron chi connectivity index (χ0n) is 23.6. The normalized spacial score (nSPS) is 23.0. The van der Waals surface area contributed by atoms with Crippen molar-refractivity contribution in [3.63, 3.8) is 0 Å². The second-order valence-corrected chi connectivity index (χ2v) is 11.8. The highest BCUT2D eigenvalue weighted by atomic mass is 16.4. The lowest BCUT2D eigenvalue weighted by molar-refractivity contribution is 0.0951. The van der Waals surface area contributed by atoms with E-state index in [1.54, 1.807) is 6.20 Å². The van der Waals surface area contributed by atoms with Crippen LogP contribution in [-0.2, 0) is 0 Å². The summed E-state index contributed by atoms with van der Waals surface area (Å²) in [6, 6.07) is 13.7. The molecule has 2 saturated carbocycles. The van der Waals surface area contributed by atoms with Crippen LogP contribution < -0.4 is 20.9 Å². The fourth-order valence-electron chi connectivity index (χ4n) is 6.27. The average molecular weight is 555 g/mol. The zero-order valence-corrected chi connectivity index (χ0v) is 23.6. The van der Waals surface area contributed by atoms with Gasteiger partial charge in [-0.1, -0.05) is 25.0 Å². The van der Waals surface area contributed by atoms with Crippen LogP contribution in [0.1, 0.15) is 67.5 Å². The Balaban J connectivity index is 0.995. The fourth-order valence-corrected chi connectivity index (χ4v) is 6.27. The Labute approximate surface area is 239 Å². The number of nitrogens with one attached hydrogen (secondary N) is 3. The Morgan fingerprint density at radius 1 is 1.00 bits per heavy atom. The van der Waals surface area contributed by atoms with Gasteiger partial charge in [-0.05, 0) is 69.7 Å². The van der Waals surface area contributed by atoms with Gasteiger partial charge in [0.2, 0.25) is 0 Å². The molecular weight excluding hydrogens is 516 g/mol. The molecule has 214 valence electrons. The third-order valence-corrected chi connectivity index (χ3v) is 8.56. The van der Waals surface area contributed by atoms with Gasteiger partial charge in [-0.2, -0.15) is 5.10 Å². The van der Waals surface area contributed by atoms with Crippen LogP contribution in [0.4, 0.5) is 11.7 Å². The molecule has 1 aliphatic heterocycles. The first-order valence-electron chi connectivity index (χ1n) is 15.0. The number of aryl methyl sites for hydroxylation is 1. The molecule has 1 amide bonds. The number of pyridine rings is 1. The van der Waals surface area contributed by atoms with Crippen molar-refractivity contribution >= 4 is 23.3 Å². The number of hydrogen-bond acceptors (Lipinski definition) is 8. The van der Waals surface area contributed by atoms with Crippen molar-refractivity contribution in [3.05, 3.63) is 60.2 Å². The van der Waals surface area contributed by atoms with Crippen LogP contribution in [0.2, 0.25) is 0 Å². The maximum Gasteiger partial charge on any atom is 0.295 e. The molecular formula is C31H38N8O2. The largest absolute Gasteiger partial charge is 0.424 e.